The molecule has 0 N–H and O–H groups in total. The maximum Gasteiger partial charge on any atom is 0.417 e. The Balaban J connectivity index is 2.99. The molecule has 0 bridgehead atoms. The first-order chi connectivity index (χ1) is 8.38. The normalized spacial score (nSPS) is 13.4. The molecule has 0 heterocycles. The predicted octanol–water partition coefficient (Wildman–Crippen LogP) is 4.66. The smallest absolute Gasteiger partial charge is 0.298 e. The molecule has 1 atom stereocenters. The average molecular weight is 276 g/mol. The van der Waals surface area contributed by atoms with Gasteiger partial charge in [0.05, 0.1) is 5.56 Å². The molecular formula is C13H15F3OS. The molecule has 1 rings (SSSR count). The predicted molar refractivity (Wildman–Crippen MR) is 67.0 cm³/mol. The third kappa shape index (κ3) is 4.05. The molecule has 5 heteroatoms. The second-order valence-corrected chi connectivity index (χ2v) is 5.26. The molecule has 0 saturated heterocycles. The van der Waals surface area contributed by atoms with Crippen LogP contribution >= 0.6 is 11.8 Å². The molecule has 18 heavy (non-hydrogen) atoms. The second kappa shape index (κ2) is 6.27. The van der Waals surface area contributed by atoms with E-state index < -0.39 is 11.7 Å². The fraction of sp³-hybridized carbons (Fsp3) is 0.462. The first kappa shape index (κ1) is 15.1. The Labute approximate surface area is 109 Å². The summed E-state index contributed by atoms with van der Waals surface area (Å²) in [7, 11) is 0. The van der Waals surface area contributed by atoms with Crippen LogP contribution in [0.5, 0.6) is 0 Å². The van der Waals surface area contributed by atoms with Crippen molar-refractivity contribution in [3.8, 4) is 0 Å². The first-order valence-corrected chi connectivity index (χ1v) is 6.66. The molecule has 1 aromatic rings. The van der Waals surface area contributed by atoms with E-state index in [2.05, 4.69) is 0 Å². The lowest BCUT2D eigenvalue weighted by molar-refractivity contribution is -0.139. The molecule has 0 radical (unpaired) electrons. The van der Waals surface area contributed by atoms with Crippen LogP contribution in [0.1, 0.15) is 36.2 Å². The van der Waals surface area contributed by atoms with Crippen LogP contribution in [0.15, 0.2) is 23.1 Å². The van der Waals surface area contributed by atoms with E-state index in [-0.39, 0.29) is 10.5 Å². The van der Waals surface area contributed by atoms with Crippen molar-refractivity contribution in [3.05, 3.63) is 29.3 Å². The van der Waals surface area contributed by atoms with Gasteiger partial charge >= 0.3 is 6.18 Å². The number of halogens is 3. The Hall–Kier alpha value is -0.970. The van der Waals surface area contributed by atoms with Gasteiger partial charge in [0.2, 0.25) is 0 Å². The van der Waals surface area contributed by atoms with Crippen molar-refractivity contribution in [2.75, 3.05) is 5.75 Å². The van der Waals surface area contributed by atoms with Gasteiger partial charge in [-0.1, -0.05) is 26.3 Å². The summed E-state index contributed by atoms with van der Waals surface area (Å²) >= 11 is 1.19. The number of carbonyl (C=O) groups is 1. The minimum absolute atomic E-state index is 0.0511. The van der Waals surface area contributed by atoms with Crippen molar-refractivity contribution in [3.63, 3.8) is 0 Å². The molecule has 0 spiro atoms. The van der Waals surface area contributed by atoms with Gasteiger partial charge in [-0.3, -0.25) is 4.79 Å². The number of hydrogen-bond donors (Lipinski definition) is 0. The quantitative estimate of drug-likeness (QED) is 0.575. The Kier molecular flexibility index (Phi) is 5.26. The van der Waals surface area contributed by atoms with E-state index in [0.717, 1.165) is 12.5 Å². The number of aldehydes is 1. The third-order valence-electron chi connectivity index (χ3n) is 2.67. The molecule has 0 aromatic heterocycles. The molecule has 1 nitrogen and oxygen atoms in total. The van der Waals surface area contributed by atoms with E-state index in [9.17, 15) is 18.0 Å². The van der Waals surface area contributed by atoms with Gasteiger partial charge in [0.25, 0.3) is 0 Å². The monoisotopic (exact) mass is 276 g/mol. The molecule has 1 aromatic carbocycles. The van der Waals surface area contributed by atoms with Crippen molar-refractivity contribution in [2.24, 2.45) is 5.92 Å². The van der Waals surface area contributed by atoms with Crippen molar-refractivity contribution in [2.45, 2.75) is 31.3 Å². The maximum absolute atomic E-state index is 12.8. The van der Waals surface area contributed by atoms with E-state index in [0.29, 0.717) is 18.0 Å². The van der Waals surface area contributed by atoms with Gasteiger partial charge in [-0.15, -0.1) is 11.8 Å². The van der Waals surface area contributed by atoms with Crippen LogP contribution in [-0.2, 0) is 6.18 Å². The van der Waals surface area contributed by atoms with Gasteiger partial charge in [-0.05, 0) is 18.1 Å². The van der Waals surface area contributed by atoms with Crippen LogP contribution in [0.3, 0.4) is 0 Å². The Morgan fingerprint density at radius 2 is 2.06 bits per heavy atom. The summed E-state index contributed by atoms with van der Waals surface area (Å²) in [4.78, 5) is 10.7. The highest BCUT2D eigenvalue weighted by Gasteiger charge is 2.33. The molecule has 0 saturated carbocycles. The summed E-state index contributed by atoms with van der Waals surface area (Å²) in [5, 5.41) is 0. The van der Waals surface area contributed by atoms with E-state index in [1.807, 2.05) is 13.8 Å². The second-order valence-electron chi connectivity index (χ2n) is 4.20. The van der Waals surface area contributed by atoms with Crippen LogP contribution in [0.4, 0.5) is 13.2 Å². The SMILES string of the molecule is CCC(C)CSc1ccc(C=O)cc1C(F)(F)F. The fourth-order valence-electron chi connectivity index (χ4n) is 1.32. The molecular weight excluding hydrogens is 261 g/mol. The third-order valence-corrected chi connectivity index (χ3v) is 4.07. The number of hydrogen-bond acceptors (Lipinski definition) is 2. The Morgan fingerprint density at radius 3 is 2.56 bits per heavy atom. The zero-order chi connectivity index (χ0) is 13.8. The highest BCUT2D eigenvalue weighted by Crippen LogP contribution is 2.37. The summed E-state index contributed by atoms with van der Waals surface area (Å²) in [6.07, 6.45) is -3.06. The largest absolute Gasteiger partial charge is 0.417 e. The number of rotatable bonds is 5. The summed E-state index contributed by atoms with van der Waals surface area (Å²) in [6.45, 7) is 4.01. The van der Waals surface area contributed by atoms with Gasteiger partial charge in [0.1, 0.15) is 6.29 Å². The van der Waals surface area contributed by atoms with E-state index >= 15 is 0 Å². The zero-order valence-corrected chi connectivity index (χ0v) is 11.1. The maximum atomic E-state index is 12.8. The molecule has 0 amide bonds. The van der Waals surface area contributed by atoms with Crippen molar-refractivity contribution >= 4 is 18.0 Å². The van der Waals surface area contributed by atoms with E-state index in [1.165, 1.54) is 23.9 Å². The molecule has 0 aliphatic carbocycles. The molecule has 1 unspecified atom stereocenters. The number of thioether (sulfide) groups is 1. The van der Waals surface area contributed by atoms with Gasteiger partial charge in [-0.2, -0.15) is 13.2 Å². The number of carbonyl (C=O) groups excluding carboxylic acids is 1. The lowest BCUT2D eigenvalue weighted by atomic mass is 10.1. The van der Waals surface area contributed by atoms with Gasteiger partial charge in [0, 0.05) is 16.2 Å². The molecule has 100 valence electrons. The molecule has 0 aliphatic rings. The van der Waals surface area contributed by atoms with Crippen molar-refractivity contribution < 1.29 is 18.0 Å². The summed E-state index contributed by atoms with van der Waals surface area (Å²) < 4.78 is 38.5. The standard InChI is InChI=1S/C13H15F3OS/c1-3-9(2)8-18-12-5-4-10(7-17)6-11(12)13(14,15)16/h4-7,9H,3,8H2,1-2H3. The lowest BCUT2D eigenvalue weighted by Crippen LogP contribution is -2.08. The van der Waals surface area contributed by atoms with Gasteiger partial charge < -0.3 is 0 Å². The van der Waals surface area contributed by atoms with Crippen LogP contribution in [-0.4, -0.2) is 12.0 Å². The molecule has 0 fully saturated rings. The molecule has 0 aliphatic heterocycles. The topological polar surface area (TPSA) is 17.1 Å². The number of alkyl halides is 3. The summed E-state index contributed by atoms with van der Waals surface area (Å²) in [5.74, 6) is 1.00. The highest BCUT2D eigenvalue weighted by atomic mass is 32.2. The highest BCUT2D eigenvalue weighted by molar-refractivity contribution is 7.99. The summed E-state index contributed by atoms with van der Waals surface area (Å²) in [5.41, 5.74) is -0.671. The van der Waals surface area contributed by atoms with Gasteiger partial charge in [-0.25, -0.2) is 0 Å². The fourth-order valence-corrected chi connectivity index (χ4v) is 2.51. The minimum Gasteiger partial charge on any atom is -0.298 e. The number of benzene rings is 1. The van der Waals surface area contributed by atoms with Gasteiger partial charge in [0.15, 0.2) is 0 Å². The Morgan fingerprint density at radius 1 is 1.39 bits per heavy atom. The minimum atomic E-state index is -4.42. The van der Waals surface area contributed by atoms with E-state index in [4.69, 9.17) is 0 Å². The lowest BCUT2D eigenvalue weighted by Gasteiger charge is -2.14. The summed E-state index contributed by atoms with van der Waals surface area (Å²) in [6, 6.07) is 3.70. The van der Waals surface area contributed by atoms with Crippen molar-refractivity contribution in [1.82, 2.24) is 0 Å². The van der Waals surface area contributed by atoms with Crippen LogP contribution in [0.25, 0.3) is 0 Å². The Bertz CT molecular complexity index is 415. The van der Waals surface area contributed by atoms with Crippen LogP contribution in [0, 0.1) is 5.92 Å². The zero-order valence-electron chi connectivity index (χ0n) is 10.3. The van der Waals surface area contributed by atoms with Crippen molar-refractivity contribution in [1.29, 1.82) is 0 Å². The van der Waals surface area contributed by atoms with Crippen LogP contribution < -0.4 is 0 Å². The average Bonchev–Trinajstić information content (AvgIpc) is 2.34. The van der Waals surface area contributed by atoms with E-state index in [1.54, 1.807) is 0 Å². The first-order valence-electron chi connectivity index (χ1n) is 5.67. The van der Waals surface area contributed by atoms with Crippen LogP contribution in [0.2, 0.25) is 0 Å².